The Bertz CT molecular complexity index is 482. The van der Waals surface area contributed by atoms with Gasteiger partial charge in [0.2, 0.25) is 5.88 Å². The quantitative estimate of drug-likeness (QED) is 0.770. The van der Waals surface area contributed by atoms with Gasteiger partial charge in [-0.25, -0.2) is 9.69 Å². The standard InChI is InChI=1S/C16H23NO3/c1-12-7-5-8-13(12)11-17(14-9-6-10-19-14)15(18)20-16(2,3)4/h6-7,9-10,13H,5,8,11H2,1-4H3. The summed E-state index contributed by atoms with van der Waals surface area (Å²) in [5.74, 6) is 0.923. The van der Waals surface area contributed by atoms with Crippen LogP contribution in [0.25, 0.3) is 0 Å². The first-order valence-corrected chi connectivity index (χ1v) is 7.07. The summed E-state index contributed by atoms with van der Waals surface area (Å²) < 4.78 is 10.9. The lowest BCUT2D eigenvalue weighted by atomic mass is 10.0. The number of furan rings is 1. The van der Waals surface area contributed by atoms with E-state index in [4.69, 9.17) is 9.15 Å². The molecule has 1 aliphatic rings. The Kier molecular flexibility index (Phi) is 4.21. The lowest BCUT2D eigenvalue weighted by molar-refractivity contribution is 0.0570. The molecule has 110 valence electrons. The van der Waals surface area contributed by atoms with Crippen LogP contribution in [0.1, 0.15) is 40.5 Å². The molecule has 4 nitrogen and oxygen atoms in total. The number of amides is 1. The molecule has 2 rings (SSSR count). The number of carbonyl (C=O) groups is 1. The Morgan fingerprint density at radius 1 is 1.50 bits per heavy atom. The lowest BCUT2D eigenvalue weighted by Gasteiger charge is -2.28. The number of hydrogen-bond donors (Lipinski definition) is 0. The van der Waals surface area contributed by atoms with Crippen LogP contribution < -0.4 is 4.90 Å². The zero-order chi connectivity index (χ0) is 14.8. The highest BCUT2D eigenvalue weighted by Gasteiger charge is 2.28. The van der Waals surface area contributed by atoms with Gasteiger partial charge in [-0.2, -0.15) is 0 Å². The maximum Gasteiger partial charge on any atom is 0.417 e. The van der Waals surface area contributed by atoms with Gasteiger partial charge in [0.15, 0.2) is 0 Å². The summed E-state index contributed by atoms with van der Waals surface area (Å²) in [5.41, 5.74) is 0.827. The zero-order valence-corrected chi connectivity index (χ0v) is 12.7. The molecule has 1 aromatic rings. The number of allylic oxidation sites excluding steroid dienone is 1. The molecule has 0 bridgehead atoms. The Hall–Kier alpha value is -1.71. The van der Waals surface area contributed by atoms with Crippen molar-refractivity contribution in [2.24, 2.45) is 5.92 Å². The minimum atomic E-state index is -0.511. The zero-order valence-electron chi connectivity index (χ0n) is 12.7. The molecule has 1 amide bonds. The van der Waals surface area contributed by atoms with Crippen molar-refractivity contribution in [1.82, 2.24) is 0 Å². The van der Waals surface area contributed by atoms with E-state index in [0.29, 0.717) is 18.3 Å². The van der Waals surface area contributed by atoms with E-state index in [1.54, 1.807) is 23.3 Å². The highest BCUT2D eigenvalue weighted by Crippen LogP contribution is 2.29. The molecule has 0 aliphatic heterocycles. The summed E-state index contributed by atoms with van der Waals surface area (Å²) >= 11 is 0. The minimum absolute atomic E-state index is 0.354. The Labute approximate surface area is 120 Å². The van der Waals surface area contributed by atoms with Gasteiger partial charge in [-0.05, 0) is 52.5 Å². The van der Waals surface area contributed by atoms with E-state index >= 15 is 0 Å². The Morgan fingerprint density at radius 2 is 2.25 bits per heavy atom. The van der Waals surface area contributed by atoms with Crippen LogP contribution in [0, 0.1) is 5.92 Å². The van der Waals surface area contributed by atoms with Crippen molar-refractivity contribution in [1.29, 1.82) is 0 Å². The summed E-state index contributed by atoms with van der Waals surface area (Å²) in [4.78, 5) is 14.0. The van der Waals surface area contributed by atoms with Gasteiger partial charge in [0.25, 0.3) is 0 Å². The molecule has 1 aromatic heterocycles. The van der Waals surface area contributed by atoms with E-state index in [1.807, 2.05) is 20.8 Å². The van der Waals surface area contributed by atoms with Crippen LogP contribution in [0.2, 0.25) is 0 Å². The van der Waals surface area contributed by atoms with Crippen molar-refractivity contribution >= 4 is 12.0 Å². The monoisotopic (exact) mass is 277 g/mol. The average Bonchev–Trinajstić information content (AvgIpc) is 2.95. The second-order valence-corrected chi connectivity index (χ2v) is 6.26. The van der Waals surface area contributed by atoms with Crippen molar-refractivity contribution in [3.63, 3.8) is 0 Å². The minimum Gasteiger partial charge on any atom is -0.448 e. The summed E-state index contributed by atoms with van der Waals surface area (Å²) in [6.45, 7) is 8.32. The first kappa shape index (κ1) is 14.7. The second kappa shape index (κ2) is 5.73. The number of hydrogen-bond acceptors (Lipinski definition) is 3. The molecule has 1 aliphatic carbocycles. The van der Waals surface area contributed by atoms with Crippen LogP contribution in [0.3, 0.4) is 0 Å². The van der Waals surface area contributed by atoms with Crippen molar-refractivity contribution in [3.8, 4) is 0 Å². The first-order chi connectivity index (χ1) is 9.37. The molecule has 1 heterocycles. The molecular weight excluding hydrogens is 254 g/mol. The van der Waals surface area contributed by atoms with Crippen molar-refractivity contribution in [2.45, 2.75) is 46.1 Å². The Morgan fingerprint density at radius 3 is 2.75 bits per heavy atom. The molecular formula is C16H23NO3. The average molecular weight is 277 g/mol. The van der Waals surface area contributed by atoms with Crippen molar-refractivity contribution < 1.29 is 13.9 Å². The van der Waals surface area contributed by atoms with Crippen LogP contribution in [0.5, 0.6) is 0 Å². The maximum atomic E-state index is 12.4. The van der Waals surface area contributed by atoms with Crippen LogP contribution >= 0.6 is 0 Å². The van der Waals surface area contributed by atoms with E-state index in [1.165, 1.54) is 5.57 Å². The van der Waals surface area contributed by atoms with Gasteiger partial charge in [0.1, 0.15) is 5.60 Å². The van der Waals surface area contributed by atoms with E-state index < -0.39 is 5.60 Å². The SMILES string of the molecule is CC1=CCCC1CN(C(=O)OC(C)(C)C)c1ccco1. The molecule has 0 saturated carbocycles. The molecule has 1 atom stereocenters. The van der Waals surface area contributed by atoms with E-state index in [0.717, 1.165) is 12.8 Å². The molecule has 1 unspecified atom stereocenters. The Balaban J connectivity index is 2.13. The normalized spacial score (nSPS) is 18.8. The van der Waals surface area contributed by atoms with Gasteiger partial charge >= 0.3 is 6.09 Å². The molecule has 0 spiro atoms. The van der Waals surface area contributed by atoms with E-state index in [-0.39, 0.29) is 6.09 Å². The van der Waals surface area contributed by atoms with Gasteiger partial charge < -0.3 is 9.15 Å². The third-order valence-electron chi connectivity index (χ3n) is 3.41. The fourth-order valence-corrected chi connectivity index (χ4v) is 2.36. The lowest BCUT2D eigenvalue weighted by Crippen LogP contribution is -2.39. The molecule has 0 aromatic carbocycles. The summed E-state index contributed by atoms with van der Waals surface area (Å²) in [7, 11) is 0. The smallest absolute Gasteiger partial charge is 0.417 e. The molecule has 0 radical (unpaired) electrons. The summed E-state index contributed by atoms with van der Waals surface area (Å²) in [6.07, 6.45) is 5.61. The van der Waals surface area contributed by atoms with Gasteiger partial charge in [0.05, 0.1) is 6.26 Å². The highest BCUT2D eigenvalue weighted by molar-refractivity contribution is 5.86. The fraction of sp³-hybridized carbons (Fsp3) is 0.562. The third-order valence-corrected chi connectivity index (χ3v) is 3.41. The number of carbonyl (C=O) groups excluding carboxylic acids is 1. The number of anilines is 1. The molecule has 4 heteroatoms. The molecule has 0 N–H and O–H groups in total. The van der Waals surface area contributed by atoms with Gasteiger partial charge in [0, 0.05) is 12.6 Å². The third kappa shape index (κ3) is 3.65. The summed E-state index contributed by atoms with van der Waals surface area (Å²) in [5, 5.41) is 0. The predicted molar refractivity (Wildman–Crippen MR) is 78.8 cm³/mol. The topological polar surface area (TPSA) is 42.7 Å². The maximum absolute atomic E-state index is 12.4. The number of ether oxygens (including phenoxy) is 1. The van der Waals surface area contributed by atoms with Gasteiger partial charge in [-0.15, -0.1) is 0 Å². The van der Waals surface area contributed by atoms with E-state index in [9.17, 15) is 4.79 Å². The van der Waals surface area contributed by atoms with Crippen LogP contribution in [0.4, 0.5) is 10.7 Å². The predicted octanol–water partition coefficient (Wildman–Crippen LogP) is 4.38. The van der Waals surface area contributed by atoms with Crippen LogP contribution in [0.15, 0.2) is 34.5 Å². The van der Waals surface area contributed by atoms with Crippen molar-refractivity contribution in [2.75, 3.05) is 11.4 Å². The molecule has 20 heavy (non-hydrogen) atoms. The number of rotatable bonds is 3. The molecule has 0 saturated heterocycles. The fourth-order valence-electron chi connectivity index (χ4n) is 2.36. The van der Waals surface area contributed by atoms with Crippen LogP contribution in [-0.4, -0.2) is 18.2 Å². The van der Waals surface area contributed by atoms with E-state index in [2.05, 4.69) is 13.0 Å². The van der Waals surface area contributed by atoms with Gasteiger partial charge in [-0.3, -0.25) is 0 Å². The largest absolute Gasteiger partial charge is 0.448 e. The molecule has 0 fully saturated rings. The second-order valence-electron chi connectivity index (χ2n) is 6.26. The number of nitrogens with zero attached hydrogens (tertiary/aromatic N) is 1. The van der Waals surface area contributed by atoms with Crippen molar-refractivity contribution in [3.05, 3.63) is 30.0 Å². The van der Waals surface area contributed by atoms with Gasteiger partial charge in [-0.1, -0.05) is 11.6 Å². The van der Waals surface area contributed by atoms with Crippen LogP contribution in [-0.2, 0) is 4.74 Å². The first-order valence-electron chi connectivity index (χ1n) is 7.07. The highest BCUT2D eigenvalue weighted by atomic mass is 16.6. The summed E-state index contributed by atoms with van der Waals surface area (Å²) in [6, 6.07) is 3.57.